The molecule has 0 aromatic heterocycles. The molecule has 0 fully saturated rings. The molecule has 6 heteroatoms. The summed E-state index contributed by atoms with van der Waals surface area (Å²) >= 11 is 0. The largest absolute Gasteiger partial charge is 0.522 e. The van der Waals surface area contributed by atoms with Crippen LogP contribution in [0, 0.1) is 0 Å². The quantitative estimate of drug-likeness (QED) is 0.642. The number of unbranched alkanes of at least 4 members (excludes halogenated alkanes) is 2. The van der Waals surface area contributed by atoms with E-state index in [9.17, 15) is 13.2 Å². The first-order valence-corrected chi connectivity index (χ1v) is 4.96. The summed E-state index contributed by atoms with van der Waals surface area (Å²) in [5, 5.41) is 8.50. The van der Waals surface area contributed by atoms with Gasteiger partial charge in [-0.15, -0.1) is 13.2 Å². The fourth-order valence-corrected chi connectivity index (χ4v) is 1.10. The fraction of sp³-hybridized carbons (Fsp3) is 1.00. The minimum absolute atomic E-state index is 0.168. The Morgan fingerprint density at radius 1 is 1.13 bits per heavy atom. The van der Waals surface area contributed by atoms with Crippen LogP contribution in [0.1, 0.15) is 19.3 Å². The number of nitrogens with zero attached hydrogens (tertiary/aromatic N) is 1. The Balaban J connectivity index is 3.29. The monoisotopic (exact) mass is 229 g/mol. The molecule has 0 amide bonds. The molecule has 0 radical (unpaired) electrons. The van der Waals surface area contributed by atoms with E-state index in [1.165, 1.54) is 0 Å². The molecule has 0 bridgehead atoms. The van der Waals surface area contributed by atoms with E-state index < -0.39 is 6.36 Å². The number of halogens is 3. The van der Waals surface area contributed by atoms with Gasteiger partial charge in [-0.2, -0.15) is 0 Å². The number of rotatable bonds is 8. The summed E-state index contributed by atoms with van der Waals surface area (Å²) in [6.07, 6.45) is -2.02. The normalized spacial score (nSPS) is 12.4. The molecule has 0 spiro atoms. The van der Waals surface area contributed by atoms with Crippen LogP contribution in [0.4, 0.5) is 13.2 Å². The van der Waals surface area contributed by atoms with E-state index in [1.807, 2.05) is 0 Å². The van der Waals surface area contributed by atoms with Gasteiger partial charge < -0.3 is 10.0 Å². The van der Waals surface area contributed by atoms with Crippen LogP contribution in [0.3, 0.4) is 0 Å². The molecular weight excluding hydrogens is 211 g/mol. The predicted octanol–water partition coefficient (Wildman–Crippen LogP) is 1.62. The van der Waals surface area contributed by atoms with E-state index in [2.05, 4.69) is 4.74 Å². The maximum atomic E-state index is 11.6. The Bertz CT molecular complexity index is 153. The number of aliphatic hydroxyl groups is 1. The van der Waals surface area contributed by atoms with E-state index in [0.717, 1.165) is 25.8 Å². The topological polar surface area (TPSA) is 32.7 Å². The van der Waals surface area contributed by atoms with Gasteiger partial charge in [-0.25, -0.2) is 0 Å². The second-order valence-electron chi connectivity index (χ2n) is 3.38. The highest BCUT2D eigenvalue weighted by Crippen LogP contribution is 2.15. The Morgan fingerprint density at radius 3 is 2.33 bits per heavy atom. The van der Waals surface area contributed by atoms with Crippen LogP contribution in [0.15, 0.2) is 0 Å². The van der Waals surface area contributed by atoms with Crippen molar-refractivity contribution in [3.63, 3.8) is 0 Å². The summed E-state index contributed by atoms with van der Waals surface area (Å²) < 4.78 is 38.4. The van der Waals surface area contributed by atoms with Crippen LogP contribution in [-0.2, 0) is 4.74 Å². The first kappa shape index (κ1) is 14.7. The average Bonchev–Trinajstić information content (AvgIpc) is 2.10. The molecule has 15 heavy (non-hydrogen) atoms. The standard InChI is InChI=1S/C9H18F3NO2/c1-13(5-3-2-4-7-14)6-8-15-9(10,11)12/h14H,2-8H2,1H3. The zero-order valence-corrected chi connectivity index (χ0v) is 8.89. The third kappa shape index (κ3) is 11.6. The summed E-state index contributed by atoms with van der Waals surface area (Å²) in [5.74, 6) is 0. The van der Waals surface area contributed by atoms with Crippen molar-refractivity contribution in [3.05, 3.63) is 0 Å². The molecule has 0 saturated heterocycles. The van der Waals surface area contributed by atoms with Gasteiger partial charge in [0, 0.05) is 13.2 Å². The maximum absolute atomic E-state index is 11.6. The minimum atomic E-state index is -4.53. The molecule has 92 valence electrons. The summed E-state index contributed by atoms with van der Waals surface area (Å²) in [4.78, 5) is 1.78. The zero-order valence-electron chi connectivity index (χ0n) is 8.89. The van der Waals surface area contributed by atoms with Crippen molar-refractivity contribution in [1.29, 1.82) is 0 Å². The van der Waals surface area contributed by atoms with Gasteiger partial charge in [0.05, 0.1) is 6.61 Å². The van der Waals surface area contributed by atoms with E-state index in [-0.39, 0.29) is 19.8 Å². The van der Waals surface area contributed by atoms with E-state index in [0.29, 0.717) is 0 Å². The molecule has 0 atom stereocenters. The SMILES string of the molecule is CN(CCCCCO)CCOC(F)(F)F. The molecule has 0 aliphatic carbocycles. The summed E-state index contributed by atoms with van der Waals surface area (Å²) in [6, 6.07) is 0. The van der Waals surface area contributed by atoms with Crippen molar-refractivity contribution in [3.8, 4) is 0 Å². The second kappa shape index (κ2) is 7.90. The Hall–Kier alpha value is -0.330. The van der Waals surface area contributed by atoms with Crippen LogP contribution >= 0.6 is 0 Å². The molecule has 0 rings (SSSR count). The van der Waals surface area contributed by atoms with Crippen LogP contribution in [0.25, 0.3) is 0 Å². The smallest absolute Gasteiger partial charge is 0.396 e. The third-order valence-electron chi connectivity index (χ3n) is 1.94. The first-order valence-electron chi connectivity index (χ1n) is 4.96. The summed E-state index contributed by atoms with van der Waals surface area (Å²) in [6.45, 7) is 0.820. The molecular formula is C9H18F3NO2. The van der Waals surface area contributed by atoms with Crippen LogP contribution < -0.4 is 0 Å². The van der Waals surface area contributed by atoms with Crippen molar-refractivity contribution in [1.82, 2.24) is 4.90 Å². The maximum Gasteiger partial charge on any atom is 0.522 e. The summed E-state index contributed by atoms with van der Waals surface area (Å²) in [7, 11) is 1.75. The Labute approximate surface area is 87.8 Å². The highest BCUT2D eigenvalue weighted by molar-refractivity contribution is 4.51. The number of hydrogen-bond acceptors (Lipinski definition) is 3. The molecule has 0 heterocycles. The number of aliphatic hydroxyl groups excluding tert-OH is 1. The second-order valence-corrected chi connectivity index (χ2v) is 3.38. The predicted molar refractivity (Wildman–Crippen MR) is 50.4 cm³/mol. The van der Waals surface area contributed by atoms with Crippen LogP contribution in [0.2, 0.25) is 0 Å². The molecule has 3 nitrogen and oxygen atoms in total. The van der Waals surface area contributed by atoms with Gasteiger partial charge in [0.15, 0.2) is 0 Å². The number of alkyl halides is 3. The molecule has 1 N–H and O–H groups in total. The van der Waals surface area contributed by atoms with Gasteiger partial charge in [-0.3, -0.25) is 4.74 Å². The van der Waals surface area contributed by atoms with Gasteiger partial charge in [0.1, 0.15) is 0 Å². The molecule has 0 aliphatic rings. The molecule has 0 aromatic rings. The van der Waals surface area contributed by atoms with Crippen molar-refractivity contribution in [2.24, 2.45) is 0 Å². The lowest BCUT2D eigenvalue weighted by Gasteiger charge is -2.16. The third-order valence-corrected chi connectivity index (χ3v) is 1.94. The molecule has 0 aromatic carbocycles. The van der Waals surface area contributed by atoms with E-state index in [1.54, 1.807) is 11.9 Å². The van der Waals surface area contributed by atoms with Crippen molar-refractivity contribution in [2.45, 2.75) is 25.6 Å². The lowest BCUT2D eigenvalue weighted by Crippen LogP contribution is -2.27. The van der Waals surface area contributed by atoms with Gasteiger partial charge in [0.2, 0.25) is 0 Å². The van der Waals surface area contributed by atoms with Crippen molar-refractivity contribution < 1.29 is 23.0 Å². The van der Waals surface area contributed by atoms with E-state index >= 15 is 0 Å². The van der Waals surface area contributed by atoms with Crippen molar-refractivity contribution >= 4 is 0 Å². The lowest BCUT2D eigenvalue weighted by atomic mass is 10.2. The lowest BCUT2D eigenvalue weighted by molar-refractivity contribution is -0.324. The van der Waals surface area contributed by atoms with Crippen molar-refractivity contribution in [2.75, 3.05) is 33.4 Å². The molecule has 0 unspecified atom stereocenters. The van der Waals surface area contributed by atoms with Crippen LogP contribution in [0.5, 0.6) is 0 Å². The highest BCUT2D eigenvalue weighted by atomic mass is 19.4. The number of ether oxygens (including phenoxy) is 1. The average molecular weight is 229 g/mol. The van der Waals surface area contributed by atoms with Gasteiger partial charge in [-0.05, 0) is 32.9 Å². The van der Waals surface area contributed by atoms with Gasteiger partial charge in [0.25, 0.3) is 0 Å². The number of likely N-dealkylation sites (N-methyl/N-ethyl adjacent to an activating group) is 1. The summed E-state index contributed by atoms with van der Waals surface area (Å²) in [5.41, 5.74) is 0. The van der Waals surface area contributed by atoms with Gasteiger partial charge >= 0.3 is 6.36 Å². The van der Waals surface area contributed by atoms with Gasteiger partial charge in [-0.1, -0.05) is 0 Å². The molecule has 0 saturated carbocycles. The molecule has 0 aliphatic heterocycles. The first-order chi connectivity index (χ1) is 6.95. The van der Waals surface area contributed by atoms with Crippen LogP contribution in [-0.4, -0.2) is 49.7 Å². The highest BCUT2D eigenvalue weighted by Gasteiger charge is 2.28. The zero-order chi connectivity index (χ0) is 11.7. The minimum Gasteiger partial charge on any atom is -0.396 e. The Morgan fingerprint density at radius 2 is 1.80 bits per heavy atom. The fourth-order valence-electron chi connectivity index (χ4n) is 1.10. The Kier molecular flexibility index (Phi) is 7.72. The van der Waals surface area contributed by atoms with E-state index in [4.69, 9.17) is 5.11 Å². The number of hydrogen-bond donors (Lipinski definition) is 1.